The molecule has 52 heavy (non-hydrogen) atoms. The Balaban J connectivity index is 1.03. The van der Waals surface area contributed by atoms with E-state index < -0.39 is 0 Å². The van der Waals surface area contributed by atoms with Crippen LogP contribution in [0.1, 0.15) is 67.3 Å². The molecule has 0 spiro atoms. The summed E-state index contributed by atoms with van der Waals surface area (Å²) in [7, 11) is 0. The van der Waals surface area contributed by atoms with Gasteiger partial charge in [0.15, 0.2) is 0 Å². The number of anilines is 2. The lowest BCUT2D eigenvalue weighted by atomic mass is 9.75. The summed E-state index contributed by atoms with van der Waals surface area (Å²) in [5.41, 5.74) is 12.6. The van der Waals surface area contributed by atoms with Crippen LogP contribution in [0.4, 0.5) is 11.4 Å². The van der Waals surface area contributed by atoms with Gasteiger partial charge in [-0.3, -0.25) is 0 Å². The molecule has 3 aromatic carbocycles. The van der Waals surface area contributed by atoms with Gasteiger partial charge in [-0.2, -0.15) is 0 Å². The van der Waals surface area contributed by atoms with Crippen molar-refractivity contribution in [1.82, 2.24) is 15.2 Å². The Kier molecular flexibility index (Phi) is 7.13. The van der Waals surface area contributed by atoms with Crippen LogP contribution in [0.25, 0.3) is 27.9 Å². The Labute approximate surface area is 307 Å². The molecule has 7 atom stereocenters. The number of nitrogens with one attached hydrogen (secondary N) is 2. The molecule has 0 saturated carbocycles. The standard InChI is InChI=1S/C48H46N4/c1-3-14-31(15-4-1)32-16-13-17-33(30-32)39-26-27-41-40(49-39)28-29-44(50-41)52-43-25-12-10-23-38(43)46-36-21-8-7-20-35(36)45-37-22-9-11-24-42(37)51(47(45)48(46)52)34-18-5-2-6-19-34/h1-7,9-14,16,18-20,22-27,31-33,37,40,42,44,49-50H,8,15,17,21,28-30H2. The van der Waals surface area contributed by atoms with Gasteiger partial charge in [0.05, 0.1) is 28.8 Å². The maximum Gasteiger partial charge on any atom is 0.104 e. The van der Waals surface area contributed by atoms with Crippen LogP contribution in [0.2, 0.25) is 0 Å². The summed E-state index contributed by atoms with van der Waals surface area (Å²) in [5.74, 6) is 2.11. The lowest BCUT2D eigenvalue weighted by Crippen LogP contribution is -2.46. The van der Waals surface area contributed by atoms with E-state index in [1.165, 1.54) is 67.7 Å². The van der Waals surface area contributed by atoms with Crippen LogP contribution in [0.15, 0.2) is 145 Å². The maximum absolute atomic E-state index is 4.14. The van der Waals surface area contributed by atoms with Crippen LogP contribution in [0.3, 0.4) is 0 Å². The first kappa shape index (κ1) is 30.4. The summed E-state index contributed by atoms with van der Waals surface area (Å²) in [5, 5.41) is 11.0. The summed E-state index contributed by atoms with van der Waals surface area (Å²) in [4.78, 5) is 2.66. The lowest BCUT2D eigenvalue weighted by Gasteiger charge is -2.40. The quantitative estimate of drug-likeness (QED) is 0.211. The highest BCUT2D eigenvalue weighted by Gasteiger charge is 2.43. The average Bonchev–Trinajstić information content (AvgIpc) is 3.75. The zero-order valence-electron chi connectivity index (χ0n) is 29.7. The molecular formula is C48H46N4. The van der Waals surface area contributed by atoms with Crippen molar-refractivity contribution in [3.63, 3.8) is 0 Å². The molecule has 2 N–H and O–H groups in total. The van der Waals surface area contributed by atoms with Crippen LogP contribution < -0.4 is 15.5 Å². The van der Waals surface area contributed by atoms with Crippen molar-refractivity contribution in [3.8, 4) is 0 Å². The molecule has 258 valence electrons. The third-order valence-electron chi connectivity index (χ3n) is 13.1. The minimum Gasteiger partial charge on any atom is -0.380 e. The molecule has 11 rings (SSSR count). The molecule has 3 aliphatic heterocycles. The van der Waals surface area contributed by atoms with Crippen molar-refractivity contribution >= 4 is 39.3 Å². The van der Waals surface area contributed by atoms with Crippen LogP contribution in [0, 0.1) is 17.8 Å². The number of piperidine rings is 1. The van der Waals surface area contributed by atoms with Crippen molar-refractivity contribution in [1.29, 1.82) is 0 Å². The Hall–Kier alpha value is -5.22. The van der Waals surface area contributed by atoms with Gasteiger partial charge in [-0.05, 0) is 104 Å². The SMILES string of the molecule is C1=CCC(C2C=CCC(C3=CC=C4NC(n5c6ccccc6c6c7c(c8c(c65)N(c5ccccc5)C5C=CC=CC85)C=CCC7)CCC4N3)C2)C=C1. The van der Waals surface area contributed by atoms with Gasteiger partial charge in [0, 0.05) is 39.7 Å². The van der Waals surface area contributed by atoms with E-state index in [1.54, 1.807) is 0 Å². The molecule has 0 amide bonds. The average molecular weight is 679 g/mol. The van der Waals surface area contributed by atoms with Gasteiger partial charge < -0.3 is 20.1 Å². The Morgan fingerprint density at radius 3 is 2.50 bits per heavy atom. The Bertz CT molecular complexity index is 2340. The number of nitrogens with zero attached hydrogens (tertiary/aromatic N) is 2. The number of hydrogen-bond donors (Lipinski definition) is 2. The van der Waals surface area contributed by atoms with Crippen molar-refractivity contribution in [2.75, 3.05) is 4.90 Å². The number of fused-ring (bicyclic) bond motifs is 11. The largest absolute Gasteiger partial charge is 0.380 e. The number of aryl methyl sites for hydroxylation is 1. The summed E-state index contributed by atoms with van der Waals surface area (Å²) in [6.45, 7) is 0. The number of para-hydroxylation sites is 2. The highest BCUT2D eigenvalue weighted by molar-refractivity contribution is 6.17. The second-order valence-electron chi connectivity index (χ2n) is 15.8. The van der Waals surface area contributed by atoms with Gasteiger partial charge >= 0.3 is 0 Å². The number of benzene rings is 3. The molecule has 1 aromatic heterocycles. The molecule has 4 nitrogen and oxygen atoms in total. The van der Waals surface area contributed by atoms with Gasteiger partial charge in [0.1, 0.15) is 6.17 Å². The molecule has 7 aliphatic rings. The molecule has 4 heteroatoms. The van der Waals surface area contributed by atoms with Crippen molar-refractivity contribution < 1.29 is 0 Å². The molecule has 1 saturated heterocycles. The first-order valence-corrected chi connectivity index (χ1v) is 19.7. The van der Waals surface area contributed by atoms with E-state index in [0.717, 1.165) is 38.5 Å². The summed E-state index contributed by atoms with van der Waals surface area (Å²) in [6.07, 6.45) is 41.1. The van der Waals surface area contributed by atoms with Gasteiger partial charge in [-0.1, -0.05) is 109 Å². The first-order chi connectivity index (χ1) is 25.8. The zero-order chi connectivity index (χ0) is 34.2. The molecule has 4 aromatic rings. The number of hydrogen-bond acceptors (Lipinski definition) is 3. The van der Waals surface area contributed by atoms with Gasteiger partial charge in [-0.15, -0.1) is 0 Å². The predicted octanol–water partition coefficient (Wildman–Crippen LogP) is 10.8. The van der Waals surface area contributed by atoms with Crippen LogP contribution in [-0.2, 0) is 6.42 Å². The second kappa shape index (κ2) is 12.2. The topological polar surface area (TPSA) is 32.2 Å². The number of rotatable bonds is 4. The van der Waals surface area contributed by atoms with Gasteiger partial charge in [-0.25, -0.2) is 0 Å². The van der Waals surface area contributed by atoms with Crippen molar-refractivity contribution in [3.05, 3.63) is 162 Å². The van der Waals surface area contributed by atoms with E-state index in [2.05, 4.69) is 160 Å². The molecule has 1 fully saturated rings. The minimum absolute atomic E-state index is 0.155. The Morgan fingerprint density at radius 1 is 0.712 bits per heavy atom. The van der Waals surface area contributed by atoms with Crippen molar-refractivity contribution in [2.45, 2.75) is 69.1 Å². The van der Waals surface area contributed by atoms with E-state index in [1.807, 2.05) is 0 Å². The van der Waals surface area contributed by atoms with Crippen molar-refractivity contribution in [2.24, 2.45) is 17.8 Å². The fourth-order valence-corrected chi connectivity index (χ4v) is 10.7. The van der Waals surface area contributed by atoms with Crippen LogP contribution in [-0.4, -0.2) is 16.7 Å². The number of aromatic nitrogens is 1. The smallest absolute Gasteiger partial charge is 0.104 e. The van der Waals surface area contributed by atoms with E-state index in [9.17, 15) is 0 Å². The third-order valence-corrected chi connectivity index (χ3v) is 13.1. The highest BCUT2D eigenvalue weighted by Crippen LogP contribution is 2.56. The normalized spacial score (nSPS) is 29.6. The van der Waals surface area contributed by atoms with E-state index in [-0.39, 0.29) is 12.2 Å². The molecular weight excluding hydrogens is 633 g/mol. The Morgan fingerprint density at radius 2 is 1.58 bits per heavy atom. The fourth-order valence-electron chi connectivity index (χ4n) is 10.7. The number of allylic oxidation sites excluding steroid dienone is 12. The fraction of sp³-hybridized carbons (Fsp3) is 0.292. The molecule has 4 heterocycles. The predicted molar refractivity (Wildman–Crippen MR) is 216 cm³/mol. The lowest BCUT2D eigenvalue weighted by molar-refractivity contribution is 0.311. The molecule has 4 aliphatic carbocycles. The summed E-state index contributed by atoms with van der Waals surface area (Å²) < 4.78 is 2.71. The van der Waals surface area contributed by atoms with E-state index in [4.69, 9.17) is 0 Å². The number of dihydropyridines is 1. The first-order valence-electron chi connectivity index (χ1n) is 19.7. The van der Waals surface area contributed by atoms with Gasteiger partial charge in [0.2, 0.25) is 0 Å². The monoisotopic (exact) mass is 678 g/mol. The second-order valence-corrected chi connectivity index (χ2v) is 15.8. The highest BCUT2D eigenvalue weighted by atomic mass is 15.3. The minimum atomic E-state index is 0.155. The third kappa shape index (κ3) is 4.66. The summed E-state index contributed by atoms with van der Waals surface area (Å²) >= 11 is 0. The van der Waals surface area contributed by atoms with Crippen LogP contribution in [0.5, 0.6) is 0 Å². The van der Waals surface area contributed by atoms with E-state index in [0.29, 0.717) is 29.7 Å². The van der Waals surface area contributed by atoms with Crippen LogP contribution >= 0.6 is 0 Å². The maximum atomic E-state index is 4.14. The molecule has 7 unspecified atom stereocenters. The summed E-state index contributed by atoms with van der Waals surface area (Å²) in [6, 6.07) is 20.9. The van der Waals surface area contributed by atoms with Gasteiger partial charge in [0.25, 0.3) is 0 Å². The molecule has 0 radical (unpaired) electrons. The molecule has 0 bridgehead atoms. The van der Waals surface area contributed by atoms with E-state index >= 15 is 0 Å². The zero-order valence-corrected chi connectivity index (χ0v) is 29.7.